The van der Waals surface area contributed by atoms with E-state index in [0.29, 0.717) is 5.13 Å². The van der Waals surface area contributed by atoms with E-state index in [0.717, 1.165) is 18.3 Å². The summed E-state index contributed by atoms with van der Waals surface area (Å²) in [4.78, 5) is 4.64. The standard InChI is InChI=1S/C13H17ClN2S/c14-13-4-8-1-9(5-13)3-12(2-8,7-13)10-6-17-11(15)16-10/h6,8-9H,1-5,7H2,(H2,15,16)/t8-,9-,12?,13?/m1/s1. The normalized spacial score (nSPS) is 47.6. The summed E-state index contributed by atoms with van der Waals surface area (Å²) in [6.07, 6.45) is 7.56. The fourth-order valence-electron chi connectivity index (χ4n) is 4.98. The van der Waals surface area contributed by atoms with Crippen molar-refractivity contribution in [3.05, 3.63) is 11.1 Å². The number of nitrogens with zero attached hydrogens (tertiary/aromatic N) is 1. The van der Waals surface area contributed by atoms with Gasteiger partial charge in [-0.25, -0.2) is 4.98 Å². The van der Waals surface area contributed by atoms with E-state index in [9.17, 15) is 0 Å². The maximum atomic E-state index is 6.82. The zero-order valence-corrected chi connectivity index (χ0v) is 11.4. The molecular formula is C13H17ClN2S. The molecule has 4 saturated carbocycles. The molecule has 1 heterocycles. The highest BCUT2D eigenvalue weighted by molar-refractivity contribution is 7.13. The van der Waals surface area contributed by atoms with Gasteiger partial charge < -0.3 is 5.73 Å². The van der Waals surface area contributed by atoms with E-state index in [1.54, 1.807) is 11.3 Å². The van der Waals surface area contributed by atoms with Gasteiger partial charge in [0.25, 0.3) is 0 Å². The van der Waals surface area contributed by atoms with Crippen molar-refractivity contribution in [3.63, 3.8) is 0 Å². The van der Waals surface area contributed by atoms with Crippen LogP contribution in [-0.4, -0.2) is 9.86 Å². The fraction of sp³-hybridized carbons (Fsp3) is 0.769. The quantitative estimate of drug-likeness (QED) is 0.791. The zero-order valence-electron chi connectivity index (χ0n) is 9.79. The largest absolute Gasteiger partial charge is 0.375 e. The van der Waals surface area contributed by atoms with Crippen LogP contribution < -0.4 is 5.73 Å². The second-order valence-corrected chi connectivity index (χ2v) is 8.15. The minimum atomic E-state index is 0.0719. The molecule has 0 radical (unpaired) electrons. The number of rotatable bonds is 1. The first kappa shape index (κ1) is 10.6. The first-order valence-electron chi connectivity index (χ1n) is 6.47. The highest BCUT2D eigenvalue weighted by Gasteiger charge is 2.58. The molecule has 0 unspecified atom stereocenters. The Balaban J connectivity index is 1.79. The van der Waals surface area contributed by atoms with Crippen LogP contribution in [0.2, 0.25) is 0 Å². The fourth-order valence-corrected chi connectivity index (χ4v) is 6.36. The molecule has 2 N–H and O–H groups in total. The highest BCUT2D eigenvalue weighted by Crippen LogP contribution is 2.64. The number of nitrogen functional groups attached to an aromatic ring is 1. The Morgan fingerprint density at radius 3 is 2.53 bits per heavy atom. The van der Waals surface area contributed by atoms with Crippen molar-refractivity contribution in [2.45, 2.75) is 48.8 Å². The third-order valence-corrected chi connectivity index (χ3v) is 6.17. The van der Waals surface area contributed by atoms with Crippen LogP contribution >= 0.6 is 22.9 Å². The van der Waals surface area contributed by atoms with E-state index in [4.69, 9.17) is 17.3 Å². The molecule has 0 aliphatic heterocycles. The second kappa shape index (κ2) is 3.18. The third-order valence-electron chi connectivity index (χ3n) is 5.06. The Hall–Kier alpha value is -0.280. The van der Waals surface area contributed by atoms with Crippen molar-refractivity contribution in [2.24, 2.45) is 11.8 Å². The lowest BCUT2D eigenvalue weighted by molar-refractivity contribution is 0.00721. The van der Waals surface area contributed by atoms with Gasteiger partial charge in [0.15, 0.2) is 5.13 Å². The molecule has 4 aliphatic carbocycles. The second-order valence-electron chi connectivity index (χ2n) is 6.46. The molecule has 0 aromatic carbocycles. The summed E-state index contributed by atoms with van der Waals surface area (Å²) in [5, 5.41) is 2.88. The van der Waals surface area contributed by atoms with Gasteiger partial charge in [0, 0.05) is 15.7 Å². The van der Waals surface area contributed by atoms with Crippen molar-refractivity contribution in [1.82, 2.24) is 4.98 Å². The zero-order chi connectivity index (χ0) is 11.7. The molecule has 0 saturated heterocycles. The first-order chi connectivity index (χ1) is 8.07. The topological polar surface area (TPSA) is 38.9 Å². The Kier molecular flexibility index (Phi) is 1.99. The van der Waals surface area contributed by atoms with Crippen molar-refractivity contribution in [2.75, 3.05) is 5.73 Å². The van der Waals surface area contributed by atoms with Gasteiger partial charge >= 0.3 is 0 Å². The van der Waals surface area contributed by atoms with Crippen LogP contribution in [0.5, 0.6) is 0 Å². The van der Waals surface area contributed by atoms with E-state index in [-0.39, 0.29) is 10.3 Å². The van der Waals surface area contributed by atoms with E-state index in [2.05, 4.69) is 10.4 Å². The van der Waals surface area contributed by atoms with Crippen LogP contribution in [-0.2, 0) is 5.41 Å². The average molecular weight is 269 g/mol. The summed E-state index contributed by atoms with van der Waals surface area (Å²) < 4.78 is 0. The van der Waals surface area contributed by atoms with Gasteiger partial charge in [-0.1, -0.05) is 0 Å². The molecule has 4 heteroatoms. The number of thiazole rings is 1. The summed E-state index contributed by atoms with van der Waals surface area (Å²) in [6, 6.07) is 0. The smallest absolute Gasteiger partial charge is 0.180 e. The number of nitrogens with two attached hydrogens (primary N) is 1. The van der Waals surface area contributed by atoms with Crippen LogP contribution in [0, 0.1) is 11.8 Å². The number of aromatic nitrogens is 1. The number of hydrogen-bond donors (Lipinski definition) is 1. The molecule has 2 atom stereocenters. The van der Waals surface area contributed by atoms with Gasteiger partial charge in [-0.15, -0.1) is 22.9 Å². The molecule has 1 aromatic heterocycles. The van der Waals surface area contributed by atoms with E-state index < -0.39 is 0 Å². The third kappa shape index (κ3) is 1.48. The van der Waals surface area contributed by atoms with Gasteiger partial charge in [-0.2, -0.15) is 0 Å². The van der Waals surface area contributed by atoms with Crippen LogP contribution in [0.15, 0.2) is 5.38 Å². The van der Waals surface area contributed by atoms with Gasteiger partial charge in [-0.05, 0) is 50.4 Å². The monoisotopic (exact) mass is 268 g/mol. The minimum absolute atomic E-state index is 0.0719. The molecule has 0 amide bonds. The molecular weight excluding hydrogens is 252 g/mol. The highest BCUT2D eigenvalue weighted by atomic mass is 35.5. The molecule has 4 bridgehead atoms. The average Bonchev–Trinajstić information content (AvgIpc) is 2.61. The van der Waals surface area contributed by atoms with Crippen LogP contribution in [0.4, 0.5) is 5.13 Å². The Bertz CT molecular complexity index is 456. The molecule has 2 nitrogen and oxygen atoms in total. The van der Waals surface area contributed by atoms with Gasteiger partial charge in [-0.3, -0.25) is 0 Å². The summed E-state index contributed by atoms with van der Waals surface area (Å²) in [7, 11) is 0. The molecule has 92 valence electrons. The molecule has 5 rings (SSSR count). The lowest BCUT2D eigenvalue weighted by Crippen LogP contribution is -2.55. The van der Waals surface area contributed by atoms with Gasteiger partial charge in [0.05, 0.1) is 5.69 Å². The van der Waals surface area contributed by atoms with Crippen LogP contribution in [0.3, 0.4) is 0 Å². The predicted molar refractivity (Wildman–Crippen MR) is 71.5 cm³/mol. The van der Waals surface area contributed by atoms with E-state index in [1.807, 2.05) is 0 Å². The van der Waals surface area contributed by atoms with Gasteiger partial charge in [0.1, 0.15) is 0 Å². The van der Waals surface area contributed by atoms with Gasteiger partial charge in [0.2, 0.25) is 0 Å². The summed E-state index contributed by atoms with van der Waals surface area (Å²) >= 11 is 8.40. The van der Waals surface area contributed by atoms with Crippen LogP contribution in [0.1, 0.15) is 44.2 Å². The predicted octanol–water partition coefficient (Wildman–Crippen LogP) is 3.55. The molecule has 4 aliphatic rings. The lowest BCUT2D eigenvalue weighted by atomic mass is 9.48. The summed E-state index contributed by atoms with van der Waals surface area (Å²) in [6.45, 7) is 0. The van der Waals surface area contributed by atoms with Crippen molar-refractivity contribution in [3.8, 4) is 0 Å². The SMILES string of the molecule is Nc1nc(C23C[C@H]4C[C@@H](CC(Cl)(C4)C2)C3)cs1. The molecule has 4 fully saturated rings. The molecule has 1 aromatic rings. The Morgan fingerprint density at radius 1 is 1.29 bits per heavy atom. The van der Waals surface area contributed by atoms with Crippen molar-refractivity contribution < 1.29 is 0 Å². The number of anilines is 1. The number of hydrogen-bond acceptors (Lipinski definition) is 3. The van der Waals surface area contributed by atoms with Crippen molar-refractivity contribution in [1.29, 1.82) is 0 Å². The molecule has 0 spiro atoms. The summed E-state index contributed by atoms with van der Waals surface area (Å²) in [5.41, 5.74) is 7.30. The van der Waals surface area contributed by atoms with E-state index in [1.165, 1.54) is 37.8 Å². The minimum Gasteiger partial charge on any atom is -0.375 e. The maximum absolute atomic E-state index is 6.82. The lowest BCUT2D eigenvalue weighted by Gasteiger charge is -2.59. The van der Waals surface area contributed by atoms with Crippen molar-refractivity contribution >= 4 is 28.1 Å². The molecule has 17 heavy (non-hydrogen) atoms. The van der Waals surface area contributed by atoms with E-state index >= 15 is 0 Å². The number of alkyl halides is 1. The van der Waals surface area contributed by atoms with Crippen LogP contribution in [0.25, 0.3) is 0 Å². The maximum Gasteiger partial charge on any atom is 0.180 e. The number of halogens is 1. The summed E-state index contributed by atoms with van der Waals surface area (Å²) in [5.74, 6) is 1.66. The first-order valence-corrected chi connectivity index (χ1v) is 7.73. The Labute approximate surface area is 111 Å². The Morgan fingerprint density at radius 2 is 2.00 bits per heavy atom.